The van der Waals surface area contributed by atoms with E-state index in [-0.39, 0.29) is 24.2 Å². The molecule has 1 saturated heterocycles. The maximum absolute atomic E-state index is 12.9. The second kappa shape index (κ2) is 11.3. The van der Waals surface area contributed by atoms with E-state index >= 15 is 0 Å². The van der Waals surface area contributed by atoms with Gasteiger partial charge in [0.25, 0.3) is 0 Å². The van der Waals surface area contributed by atoms with E-state index in [0.29, 0.717) is 5.75 Å². The lowest BCUT2D eigenvalue weighted by Crippen LogP contribution is -2.78. The number of nitrogens with zero attached hydrogens (tertiary/aromatic N) is 2. The van der Waals surface area contributed by atoms with Crippen LogP contribution in [0.25, 0.3) is 0 Å². The van der Waals surface area contributed by atoms with Crippen molar-refractivity contribution in [1.82, 2.24) is 9.80 Å². The van der Waals surface area contributed by atoms with Crippen LogP contribution in [-0.2, 0) is 23.1 Å². The molecule has 5 atom stereocenters. The highest BCUT2D eigenvalue weighted by atomic mass is 16.6. The lowest BCUT2D eigenvalue weighted by molar-refractivity contribution is -0.200. The first-order valence-corrected chi connectivity index (χ1v) is 16.7. The molecule has 5 aliphatic rings. The molecule has 3 fully saturated rings. The van der Waals surface area contributed by atoms with Gasteiger partial charge in [0.05, 0.1) is 11.0 Å². The molecule has 2 heterocycles. The first-order chi connectivity index (χ1) is 20.4. The standard InChI is InChI=1S/C36H48N2O4/c1-3-37(21-10-5-4-7-11-26-12-8-6-9-13-26)29-18-19-36(40)31-23-28-16-17-30(41-25(2)39)33-32(28)35(36,34(29)42-33)20-22-38(31)24-27-14-15-27/h6,8-9,12-13,16-17,27,29,31,34,40H,3-5,7,10-11,14-15,18-24H2,1-2H3/t29-,31+,34-,35-,36+/m0/s1. The smallest absolute Gasteiger partial charge is 0.308 e. The zero-order valence-electron chi connectivity index (χ0n) is 25.5. The molecule has 6 heteroatoms. The number of rotatable bonds is 12. The van der Waals surface area contributed by atoms with Crippen molar-refractivity contribution in [3.63, 3.8) is 0 Å². The Hall–Kier alpha value is -2.41. The molecule has 2 aromatic rings. The predicted molar refractivity (Wildman–Crippen MR) is 164 cm³/mol. The molecule has 7 rings (SSSR count). The molecule has 1 N–H and O–H groups in total. The number of hydrogen-bond donors (Lipinski definition) is 1. The number of benzene rings is 2. The van der Waals surface area contributed by atoms with Crippen molar-refractivity contribution in [1.29, 1.82) is 0 Å². The van der Waals surface area contributed by atoms with Gasteiger partial charge in [-0.25, -0.2) is 0 Å². The molecule has 0 aromatic heterocycles. The Balaban J connectivity index is 1.12. The van der Waals surface area contributed by atoms with Crippen molar-refractivity contribution >= 4 is 5.97 Å². The maximum Gasteiger partial charge on any atom is 0.308 e. The first kappa shape index (κ1) is 28.4. The number of piperidine rings is 1. The van der Waals surface area contributed by atoms with Crippen molar-refractivity contribution in [2.45, 2.75) is 114 Å². The summed E-state index contributed by atoms with van der Waals surface area (Å²) in [6, 6.07) is 15.2. The molecule has 226 valence electrons. The molecule has 3 aliphatic carbocycles. The Kier molecular flexibility index (Phi) is 7.60. The predicted octanol–water partition coefficient (Wildman–Crippen LogP) is 5.67. The van der Waals surface area contributed by atoms with Gasteiger partial charge in [0, 0.05) is 31.1 Å². The van der Waals surface area contributed by atoms with Crippen molar-refractivity contribution < 1.29 is 19.4 Å². The monoisotopic (exact) mass is 572 g/mol. The summed E-state index contributed by atoms with van der Waals surface area (Å²) in [5.41, 5.74) is 2.58. The summed E-state index contributed by atoms with van der Waals surface area (Å²) in [5, 5.41) is 12.9. The van der Waals surface area contributed by atoms with Crippen LogP contribution in [0.15, 0.2) is 42.5 Å². The van der Waals surface area contributed by atoms with E-state index < -0.39 is 11.0 Å². The van der Waals surface area contributed by atoms with E-state index in [0.717, 1.165) is 75.5 Å². The van der Waals surface area contributed by atoms with Gasteiger partial charge < -0.3 is 14.6 Å². The van der Waals surface area contributed by atoms with Crippen LogP contribution in [0.5, 0.6) is 11.5 Å². The normalized spacial score (nSPS) is 31.1. The zero-order valence-corrected chi connectivity index (χ0v) is 25.5. The van der Waals surface area contributed by atoms with Gasteiger partial charge in [0.1, 0.15) is 6.10 Å². The summed E-state index contributed by atoms with van der Waals surface area (Å²) in [5.74, 6) is 1.71. The van der Waals surface area contributed by atoms with E-state index in [2.05, 4.69) is 53.1 Å². The third-order valence-corrected chi connectivity index (χ3v) is 11.3. The van der Waals surface area contributed by atoms with Crippen LogP contribution in [0.4, 0.5) is 0 Å². The van der Waals surface area contributed by atoms with Gasteiger partial charge in [0.15, 0.2) is 11.5 Å². The van der Waals surface area contributed by atoms with Crippen molar-refractivity contribution in [2.24, 2.45) is 5.92 Å². The molecule has 2 bridgehead atoms. The third-order valence-electron chi connectivity index (χ3n) is 11.3. The number of likely N-dealkylation sites (N-methyl/N-ethyl adjacent to an activating group) is 1. The number of carbonyl (C=O) groups is 1. The summed E-state index contributed by atoms with van der Waals surface area (Å²) >= 11 is 0. The Labute approximate surface area is 251 Å². The number of hydrogen-bond acceptors (Lipinski definition) is 6. The zero-order chi connectivity index (χ0) is 28.9. The molecule has 0 unspecified atom stereocenters. The Morgan fingerprint density at radius 3 is 2.64 bits per heavy atom. The summed E-state index contributed by atoms with van der Waals surface area (Å²) in [7, 11) is 0. The highest BCUT2D eigenvalue weighted by molar-refractivity contribution is 5.72. The van der Waals surface area contributed by atoms with Crippen LogP contribution >= 0.6 is 0 Å². The third kappa shape index (κ3) is 4.69. The second-order valence-electron chi connectivity index (χ2n) is 13.7. The molecular weight excluding hydrogens is 524 g/mol. The van der Waals surface area contributed by atoms with Crippen molar-refractivity contribution in [3.05, 3.63) is 59.2 Å². The van der Waals surface area contributed by atoms with Crippen LogP contribution in [0.2, 0.25) is 0 Å². The topological polar surface area (TPSA) is 62.2 Å². The van der Waals surface area contributed by atoms with Crippen LogP contribution < -0.4 is 9.47 Å². The molecule has 2 saturated carbocycles. The fourth-order valence-electron chi connectivity index (χ4n) is 9.25. The van der Waals surface area contributed by atoms with E-state index in [1.807, 2.05) is 6.07 Å². The Morgan fingerprint density at radius 2 is 1.88 bits per heavy atom. The number of unbranched alkanes of at least 4 members (excludes halogenated alkanes) is 3. The van der Waals surface area contributed by atoms with Gasteiger partial charge in [-0.1, -0.05) is 56.2 Å². The van der Waals surface area contributed by atoms with Crippen LogP contribution in [0.1, 0.15) is 88.3 Å². The molecule has 2 aliphatic heterocycles. The fraction of sp³-hybridized carbons (Fsp3) is 0.639. The highest BCUT2D eigenvalue weighted by Gasteiger charge is 2.73. The minimum atomic E-state index is -0.828. The summed E-state index contributed by atoms with van der Waals surface area (Å²) < 4.78 is 12.7. The quantitative estimate of drug-likeness (QED) is 0.201. The van der Waals surface area contributed by atoms with E-state index in [9.17, 15) is 9.90 Å². The second-order valence-corrected chi connectivity index (χ2v) is 13.7. The van der Waals surface area contributed by atoms with Gasteiger partial charge in [-0.15, -0.1) is 0 Å². The summed E-state index contributed by atoms with van der Waals surface area (Å²) in [6.07, 6.45) is 12.0. The molecule has 6 nitrogen and oxygen atoms in total. The van der Waals surface area contributed by atoms with Gasteiger partial charge in [-0.2, -0.15) is 0 Å². The molecule has 42 heavy (non-hydrogen) atoms. The number of carbonyl (C=O) groups excluding carboxylic acids is 1. The van der Waals surface area contributed by atoms with Crippen molar-refractivity contribution in [2.75, 3.05) is 26.2 Å². The first-order valence-electron chi connectivity index (χ1n) is 16.7. The molecule has 2 aromatic carbocycles. The van der Waals surface area contributed by atoms with Gasteiger partial charge in [-0.3, -0.25) is 14.6 Å². The lowest BCUT2D eigenvalue weighted by Gasteiger charge is -2.65. The molecular formula is C36H48N2O4. The number of ether oxygens (including phenoxy) is 2. The number of likely N-dealkylation sites (tertiary alicyclic amines) is 1. The fourth-order valence-corrected chi connectivity index (χ4v) is 9.25. The summed E-state index contributed by atoms with van der Waals surface area (Å²) in [4.78, 5) is 17.3. The van der Waals surface area contributed by atoms with Gasteiger partial charge in [-0.05, 0) is 101 Å². The molecule has 0 radical (unpaired) electrons. The van der Waals surface area contributed by atoms with E-state index in [4.69, 9.17) is 9.47 Å². The molecule has 0 amide bonds. The average Bonchev–Trinajstić information content (AvgIpc) is 3.73. The summed E-state index contributed by atoms with van der Waals surface area (Å²) in [6.45, 7) is 7.86. The maximum atomic E-state index is 12.9. The lowest BCUT2D eigenvalue weighted by atomic mass is 9.48. The van der Waals surface area contributed by atoms with E-state index in [1.54, 1.807) is 0 Å². The average molecular weight is 573 g/mol. The van der Waals surface area contributed by atoms with Gasteiger partial charge >= 0.3 is 5.97 Å². The minimum Gasteiger partial charge on any atom is -0.483 e. The largest absolute Gasteiger partial charge is 0.483 e. The van der Waals surface area contributed by atoms with Crippen LogP contribution in [-0.4, -0.2) is 70.8 Å². The number of aryl methyl sites for hydroxylation is 1. The Morgan fingerprint density at radius 1 is 1.07 bits per heavy atom. The van der Waals surface area contributed by atoms with Gasteiger partial charge in [0.2, 0.25) is 0 Å². The highest BCUT2D eigenvalue weighted by Crippen LogP contribution is 2.66. The van der Waals surface area contributed by atoms with Crippen LogP contribution in [0, 0.1) is 5.92 Å². The molecule has 1 spiro atoms. The van der Waals surface area contributed by atoms with Crippen molar-refractivity contribution in [3.8, 4) is 11.5 Å². The number of esters is 1. The Bertz CT molecular complexity index is 1290. The minimum absolute atomic E-state index is 0.122. The SMILES string of the molecule is CCN(CCCCCCc1ccccc1)[C@H]1CC[C@@]2(O)[C@H]3Cc4ccc(OC(C)=O)c5c4[C@@]2(CCN3CC2CC2)[C@H]1O5. The van der Waals surface area contributed by atoms with E-state index in [1.165, 1.54) is 56.6 Å². The van der Waals surface area contributed by atoms with Crippen LogP contribution in [0.3, 0.4) is 0 Å². The number of aliphatic hydroxyl groups is 1.